The summed E-state index contributed by atoms with van der Waals surface area (Å²) in [6.45, 7) is 0.621. The molecule has 2 N–H and O–H groups in total. The third kappa shape index (κ3) is 1.59. The second kappa shape index (κ2) is 4.04. The second-order valence-corrected chi connectivity index (χ2v) is 4.86. The monoisotopic (exact) mass is 240 g/mol. The summed E-state index contributed by atoms with van der Waals surface area (Å²) in [5.74, 6) is -0.305. The van der Waals surface area contributed by atoms with Crippen molar-refractivity contribution in [3.05, 3.63) is 0 Å². The Kier molecular flexibility index (Phi) is 2.65. The molecule has 1 aliphatic carbocycles. The molecule has 6 heteroatoms. The van der Waals surface area contributed by atoms with Crippen molar-refractivity contribution in [1.29, 1.82) is 0 Å². The molecule has 2 aliphatic heterocycles. The highest BCUT2D eigenvalue weighted by Gasteiger charge is 2.56. The Morgan fingerprint density at radius 2 is 1.94 bits per heavy atom. The molecular weight excluding hydrogens is 224 g/mol. The Balaban J connectivity index is 1.79. The zero-order chi connectivity index (χ0) is 12.0. The first-order valence-electron chi connectivity index (χ1n) is 6.00. The quantitative estimate of drug-likeness (QED) is 0.587. The van der Waals surface area contributed by atoms with Gasteiger partial charge in [0.25, 0.3) is 11.8 Å². The maximum absolute atomic E-state index is 11.7. The summed E-state index contributed by atoms with van der Waals surface area (Å²) in [5.41, 5.74) is 6.07. The van der Waals surface area contributed by atoms with Crippen LogP contribution < -0.4 is 5.73 Å². The minimum absolute atomic E-state index is 0.0354. The maximum atomic E-state index is 11.7. The predicted octanol–water partition coefficient (Wildman–Crippen LogP) is -1.12. The first-order chi connectivity index (χ1) is 8.20. The van der Waals surface area contributed by atoms with E-state index in [0.29, 0.717) is 6.61 Å². The van der Waals surface area contributed by atoms with Crippen LogP contribution in [0.25, 0.3) is 0 Å². The van der Waals surface area contributed by atoms with Crippen LogP contribution in [0.2, 0.25) is 0 Å². The van der Waals surface area contributed by atoms with Crippen LogP contribution in [0.1, 0.15) is 12.8 Å². The summed E-state index contributed by atoms with van der Waals surface area (Å²) in [4.78, 5) is 24.7. The zero-order valence-electron chi connectivity index (χ0n) is 9.50. The van der Waals surface area contributed by atoms with Crippen molar-refractivity contribution in [2.45, 2.75) is 31.0 Å². The molecule has 3 aliphatic rings. The maximum Gasteiger partial charge on any atom is 0.255 e. The van der Waals surface area contributed by atoms with Gasteiger partial charge in [0.15, 0.2) is 0 Å². The van der Waals surface area contributed by atoms with Gasteiger partial charge in [-0.3, -0.25) is 14.5 Å². The van der Waals surface area contributed by atoms with Gasteiger partial charge in [-0.1, -0.05) is 0 Å². The molecule has 2 amide bonds. The summed E-state index contributed by atoms with van der Waals surface area (Å²) in [7, 11) is 0. The van der Waals surface area contributed by atoms with E-state index in [4.69, 9.17) is 15.2 Å². The molecule has 0 spiro atoms. The molecule has 3 rings (SSSR count). The first-order valence-corrected chi connectivity index (χ1v) is 6.00. The molecule has 6 nitrogen and oxygen atoms in total. The first kappa shape index (κ1) is 11.1. The van der Waals surface area contributed by atoms with Gasteiger partial charge in [0.2, 0.25) is 0 Å². The van der Waals surface area contributed by atoms with E-state index in [2.05, 4.69) is 0 Å². The average molecular weight is 240 g/mol. The van der Waals surface area contributed by atoms with Crippen LogP contribution >= 0.6 is 0 Å². The molecule has 0 aromatic carbocycles. The van der Waals surface area contributed by atoms with Crippen LogP contribution in [-0.2, 0) is 19.1 Å². The molecule has 0 aromatic heterocycles. The van der Waals surface area contributed by atoms with Gasteiger partial charge in [-0.05, 0) is 12.8 Å². The molecule has 1 saturated carbocycles. The van der Waals surface area contributed by atoms with Gasteiger partial charge in [-0.25, -0.2) is 0 Å². The van der Waals surface area contributed by atoms with E-state index in [1.165, 1.54) is 4.90 Å². The van der Waals surface area contributed by atoms with E-state index in [0.717, 1.165) is 12.8 Å². The second-order valence-electron chi connectivity index (χ2n) is 4.86. The predicted molar refractivity (Wildman–Crippen MR) is 56.9 cm³/mol. The van der Waals surface area contributed by atoms with Gasteiger partial charge in [-0.15, -0.1) is 0 Å². The van der Waals surface area contributed by atoms with E-state index in [1.54, 1.807) is 0 Å². The molecule has 2 saturated heterocycles. The number of morpholine rings is 1. The minimum Gasteiger partial charge on any atom is -0.376 e. The lowest BCUT2D eigenvalue weighted by atomic mass is 9.68. The van der Waals surface area contributed by atoms with Crippen molar-refractivity contribution >= 4 is 11.8 Å². The molecular formula is C11H16N2O4. The third-order valence-corrected chi connectivity index (χ3v) is 3.93. The van der Waals surface area contributed by atoms with Crippen LogP contribution in [0, 0.1) is 5.92 Å². The lowest BCUT2D eigenvalue weighted by Crippen LogP contribution is -2.74. The number of amides is 2. The van der Waals surface area contributed by atoms with Crippen LogP contribution in [0.3, 0.4) is 0 Å². The van der Waals surface area contributed by atoms with Crippen LogP contribution in [0.5, 0.6) is 0 Å². The number of fused-ring (bicyclic) bond motifs is 1. The van der Waals surface area contributed by atoms with Crippen LogP contribution in [0.4, 0.5) is 0 Å². The standard InChI is InChI=1S/C11H16N2O4/c12-9-6-2-1-3-17-11(6)10(9)13-7(14)4-16-5-8(13)15/h6,9-11H,1-5,12H2. The van der Waals surface area contributed by atoms with Gasteiger partial charge in [-0.2, -0.15) is 0 Å². The molecule has 17 heavy (non-hydrogen) atoms. The number of ether oxygens (including phenoxy) is 2. The number of carbonyl (C=O) groups excluding carboxylic acids is 2. The molecule has 94 valence electrons. The molecule has 0 radical (unpaired) electrons. The number of hydrogen-bond acceptors (Lipinski definition) is 5. The van der Waals surface area contributed by atoms with E-state index in [9.17, 15) is 9.59 Å². The largest absolute Gasteiger partial charge is 0.376 e. The fraction of sp³-hybridized carbons (Fsp3) is 0.818. The Morgan fingerprint density at radius 3 is 2.65 bits per heavy atom. The summed E-state index contributed by atoms with van der Waals surface area (Å²) in [6, 6.07) is -0.435. The lowest BCUT2D eigenvalue weighted by Gasteiger charge is -2.55. The molecule has 3 fully saturated rings. The van der Waals surface area contributed by atoms with E-state index in [1.807, 2.05) is 0 Å². The number of nitrogens with zero attached hydrogens (tertiary/aromatic N) is 1. The number of carbonyl (C=O) groups is 2. The summed E-state index contributed by atoms with van der Waals surface area (Å²) >= 11 is 0. The fourth-order valence-corrected chi connectivity index (χ4v) is 3.07. The summed E-state index contributed by atoms with van der Waals surface area (Å²) in [5, 5.41) is 0. The zero-order valence-corrected chi connectivity index (χ0v) is 9.50. The van der Waals surface area contributed by atoms with E-state index in [-0.39, 0.29) is 49.1 Å². The molecule has 4 atom stereocenters. The summed E-state index contributed by atoms with van der Waals surface area (Å²) in [6.07, 6.45) is 1.96. The Hall–Kier alpha value is -0.980. The van der Waals surface area contributed by atoms with E-state index < -0.39 is 0 Å². The van der Waals surface area contributed by atoms with Crippen molar-refractivity contribution in [2.24, 2.45) is 11.7 Å². The normalized spacial score (nSPS) is 42.1. The third-order valence-electron chi connectivity index (χ3n) is 3.93. The Bertz CT molecular complexity index is 343. The number of nitrogens with two attached hydrogens (primary N) is 1. The number of rotatable bonds is 1. The van der Waals surface area contributed by atoms with Crippen molar-refractivity contribution in [3.8, 4) is 0 Å². The Morgan fingerprint density at radius 1 is 1.24 bits per heavy atom. The van der Waals surface area contributed by atoms with Crippen LogP contribution in [-0.4, -0.2) is 54.7 Å². The van der Waals surface area contributed by atoms with Crippen molar-refractivity contribution in [3.63, 3.8) is 0 Å². The van der Waals surface area contributed by atoms with Gasteiger partial charge < -0.3 is 15.2 Å². The van der Waals surface area contributed by atoms with Gasteiger partial charge in [0.05, 0.1) is 12.1 Å². The topological polar surface area (TPSA) is 81.9 Å². The van der Waals surface area contributed by atoms with Crippen molar-refractivity contribution in [2.75, 3.05) is 19.8 Å². The fourth-order valence-electron chi connectivity index (χ4n) is 3.07. The SMILES string of the molecule is NC1C2CCCOC2C1N1C(=O)COCC1=O. The van der Waals surface area contributed by atoms with Crippen LogP contribution in [0.15, 0.2) is 0 Å². The highest BCUT2D eigenvalue weighted by atomic mass is 16.5. The number of imide groups is 1. The Labute approximate surface area is 99.0 Å². The molecule has 4 unspecified atom stereocenters. The van der Waals surface area contributed by atoms with Gasteiger partial charge in [0, 0.05) is 18.6 Å². The summed E-state index contributed by atoms with van der Waals surface area (Å²) < 4.78 is 10.5. The highest BCUT2D eigenvalue weighted by molar-refractivity contribution is 5.99. The molecule has 0 aromatic rings. The smallest absolute Gasteiger partial charge is 0.255 e. The minimum atomic E-state index is -0.297. The molecule has 2 heterocycles. The van der Waals surface area contributed by atoms with Crippen molar-refractivity contribution < 1.29 is 19.1 Å². The van der Waals surface area contributed by atoms with Gasteiger partial charge >= 0.3 is 0 Å². The van der Waals surface area contributed by atoms with Gasteiger partial charge in [0.1, 0.15) is 13.2 Å². The average Bonchev–Trinajstić information content (AvgIpc) is 2.33. The highest BCUT2D eigenvalue weighted by Crippen LogP contribution is 2.40. The lowest BCUT2D eigenvalue weighted by molar-refractivity contribution is -0.188. The molecule has 0 bridgehead atoms. The van der Waals surface area contributed by atoms with Crippen molar-refractivity contribution in [1.82, 2.24) is 4.90 Å². The number of hydrogen-bond donors (Lipinski definition) is 1. The van der Waals surface area contributed by atoms with E-state index >= 15 is 0 Å².